The van der Waals surface area contributed by atoms with Gasteiger partial charge in [0.25, 0.3) is 0 Å². The molecule has 0 fully saturated rings. The predicted octanol–water partition coefficient (Wildman–Crippen LogP) is 4.82. The molecule has 2 heteroatoms. The summed E-state index contributed by atoms with van der Waals surface area (Å²) in [5.41, 5.74) is 3.42. The van der Waals surface area contributed by atoms with Crippen LogP contribution < -0.4 is 5.32 Å². The summed E-state index contributed by atoms with van der Waals surface area (Å²) in [7, 11) is 0. The average Bonchev–Trinajstić information content (AvgIpc) is 2.35. The van der Waals surface area contributed by atoms with Gasteiger partial charge in [0.05, 0.1) is 0 Å². The number of aryl methyl sites for hydroxylation is 1. The zero-order valence-electron chi connectivity index (χ0n) is 10.1. The van der Waals surface area contributed by atoms with Crippen molar-refractivity contribution in [3.63, 3.8) is 0 Å². The van der Waals surface area contributed by atoms with E-state index in [1.807, 2.05) is 25.1 Å². The summed E-state index contributed by atoms with van der Waals surface area (Å²) < 4.78 is 0. The van der Waals surface area contributed by atoms with Gasteiger partial charge >= 0.3 is 0 Å². The third-order valence-corrected chi connectivity index (χ3v) is 3.26. The van der Waals surface area contributed by atoms with E-state index in [9.17, 15) is 0 Å². The van der Waals surface area contributed by atoms with Gasteiger partial charge in [0, 0.05) is 16.8 Å². The highest BCUT2D eigenvalue weighted by Gasteiger charge is 2.05. The predicted molar refractivity (Wildman–Crippen MR) is 74.7 cm³/mol. The fourth-order valence-corrected chi connectivity index (χ4v) is 1.94. The summed E-state index contributed by atoms with van der Waals surface area (Å²) in [5.74, 6) is 0. The van der Waals surface area contributed by atoms with Crippen LogP contribution in [0.5, 0.6) is 0 Å². The lowest BCUT2D eigenvalue weighted by molar-refractivity contribution is 0.885. The molecule has 0 radical (unpaired) electrons. The van der Waals surface area contributed by atoms with Crippen LogP contribution >= 0.6 is 11.6 Å². The van der Waals surface area contributed by atoms with E-state index in [0.717, 1.165) is 16.3 Å². The Labute approximate surface area is 107 Å². The number of hydrogen-bond acceptors (Lipinski definition) is 1. The Bertz CT molecular complexity index is 494. The SMILES string of the molecule is Cc1ccc(NC(C)c2ccccc2)cc1Cl. The molecule has 0 amide bonds. The van der Waals surface area contributed by atoms with Crippen molar-refractivity contribution in [1.82, 2.24) is 0 Å². The number of hydrogen-bond donors (Lipinski definition) is 1. The Kier molecular flexibility index (Phi) is 3.70. The van der Waals surface area contributed by atoms with Crippen LogP contribution in [0, 0.1) is 6.92 Å². The molecule has 0 saturated carbocycles. The fraction of sp³-hybridized carbons (Fsp3) is 0.200. The molecule has 1 atom stereocenters. The van der Waals surface area contributed by atoms with Crippen molar-refractivity contribution in [1.29, 1.82) is 0 Å². The molecule has 1 nitrogen and oxygen atoms in total. The van der Waals surface area contributed by atoms with Gasteiger partial charge in [-0.3, -0.25) is 0 Å². The van der Waals surface area contributed by atoms with Crippen molar-refractivity contribution in [2.45, 2.75) is 19.9 Å². The number of halogens is 1. The second-order valence-corrected chi connectivity index (χ2v) is 4.65. The standard InChI is InChI=1S/C15H16ClN/c1-11-8-9-14(10-15(11)16)17-12(2)13-6-4-3-5-7-13/h3-10,12,17H,1-2H3. The van der Waals surface area contributed by atoms with Gasteiger partial charge in [-0.2, -0.15) is 0 Å². The molecule has 0 aliphatic carbocycles. The van der Waals surface area contributed by atoms with E-state index in [1.54, 1.807) is 0 Å². The summed E-state index contributed by atoms with van der Waals surface area (Å²) in [6.07, 6.45) is 0. The molecule has 0 aromatic heterocycles. The van der Waals surface area contributed by atoms with E-state index in [0.29, 0.717) is 0 Å². The minimum absolute atomic E-state index is 0.273. The van der Waals surface area contributed by atoms with E-state index >= 15 is 0 Å². The summed E-state index contributed by atoms with van der Waals surface area (Å²) in [5, 5.41) is 4.24. The van der Waals surface area contributed by atoms with Gasteiger partial charge in [0.15, 0.2) is 0 Å². The van der Waals surface area contributed by atoms with Crippen LogP contribution in [0.2, 0.25) is 5.02 Å². The lowest BCUT2D eigenvalue weighted by Crippen LogP contribution is -2.06. The maximum Gasteiger partial charge on any atom is 0.0485 e. The summed E-state index contributed by atoms with van der Waals surface area (Å²) >= 11 is 6.10. The van der Waals surface area contributed by atoms with Gasteiger partial charge in [-0.15, -0.1) is 0 Å². The second kappa shape index (κ2) is 5.24. The fourth-order valence-electron chi connectivity index (χ4n) is 1.76. The Morgan fingerprint density at radius 3 is 2.41 bits per heavy atom. The van der Waals surface area contributed by atoms with Crippen LogP contribution in [0.25, 0.3) is 0 Å². The van der Waals surface area contributed by atoms with Crippen molar-refractivity contribution in [3.8, 4) is 0 Å². The van der Waals surface area contributed by atoms with Crippen LogP contribution in [-0.4, -0.2) is 0 Å². The Morgan fingerprint density at radius 1 is 1.06 bits per heavy atom. The van der Waals surface area contributed by atoms with Crippen LogP contribution in [-0.2, 0) is 0 Å². The van der Waals surface area contributed by atoms with Gasteiger partial charge in [-0.05, 0) is 37.1 Å². The van der Waals surface area contributed by atoms with E-state index in [4.69, 9.17) is 11.6 Å². The highest BCUT2D eigenvalue weighted by Crippen LogP contribution is 2.23. The Balaban J connectivity index is 2.13. The van der Waals surface area contributed by atoms with Crippen LogP contribution in [0.3, 0.4) is 0 Å². The lowest BCUT2D eigenvalue weighted by atomic mass is 10.1. The first kappa shape index (κ1) is 12.0. The summed E-state index contributed by atoms with van der Waals surface area (Å²) in [6.45, 7) is 4.15. The number of rotatable bonds is 3. The highest BCUT2D eigenvalue weighted by molar-refractivity contribution is 6.31. The molecule has 0 bridgehead atoms. The summed E-state index contributed by atoms with van der Waals surface area (Å²) in [4.78, 5) is 0. The largest absolute Gasteiger partial charge is 0.378 e. The molecule has 0 saturated heterocycles. The van der Waals surface area contributed by atoms with Gasteiger partial charge in [-0.25, -0.2) is 0 Å². The van der Waals surface area contributed by atoms with E-state index in [2.05, 4.69) is 42.6 Å². The summed E-state index contributed by atoms with van der Waals surface area (Å²) in [6, 6.07) is 16.7. The van der Waals surface area contributed by atoms with Crippen LogP contribution in [0.1, 0.15) is 24.1 Å². The zero-order chi connectivity index (χ0) is 12.3. The normalized spacial score (nSPS) is 12.2. The molecule has 0 aliphatic rings. The first-order valence-corrected chi connectivity index (χ1v) is 6.12. The first-order chi connectivity index (χ1) is 8.16. The number of nitrogens with one attached hydrogen (secondary N) is 1. The van der Waals surface area contributed by atoms with Gasteiger partial charge in [0.1, 0.15) is 0 Å². The molecule has 0 spiro atoms. The van der Waals surface area contributed by atoms with Gasteiger partial charge in [-0.1, -0.05) is 48.0 Å². The molecule has 2 aromatic carbocycles. The average molecular weight is 246 g/mol. The molecule has 0 heterocycles. The molecule has 2 aromatic rings. The third kappa shape index (κ3) is 3.01. The van der Waals surface area contributed by atoms with Crippen LogP contribution in [0.4, 0.5) is 5.69 Å². The van der Waals surface area contributed by atoms with Crippen molar-refractivity contribution >= 4 is 17.3 Å². The third-order valence-electron chi connectivity index (χ3n) is 2.85. The van der Waals surface area contributed by atoms with Crippen molar-refractivity contribution in [3.05, 3.63) is 64.7 Å². The van der Waals surface area contributed by atoms with Crippen molar-refractivity contribution in [2.24, 2.45) is 0 Å². The van der Waals surface area contributed by atoms with E-state index in [1.165, 1.54) is 5.56 Å². The minimum atomic E-state index is 0.273. The first-order valence-electron chi connectivity index (χ1n) is 5.74. The molecule has 2 rings (SSSR count). The van der Waals surface area contributed by atoms with E-state index in [-0.39, 0.29) is 6.04 Å². The van der Waals surface area contributed by atoms with Crippen LogP contribution in [0.15, 0.2) is 48.5 Å². The topological polar surface area (TPSA) is 12.0 Å². The highest BCUT2D eigenvalue weighted by atomic mass is 35.5. The monoisotopic (exact) mass is 245 g/mol. The molecular formula is C15H16ClN. The Morgan fingerprint density at radius 2 is 1.76 bits per heavy atom. The second-order valence-electron chi connectivity index (χ2n) is 4.24. The van der Waals surface area contributed by atoms with E-state index < -0.39 is 0 Å². The maximum atomic E-state index is 6.10. The van der Waals surface area contributed by atoms with Gasteiger partial charge < -0.3 is 5.32 Å². The van der Waals surface area contributed by atoms with Crippen molar-refractivity contribution < 1.29 is 0 Å². The Hall–Kier alpha value is -1.47. The quantitative estimate of drug-likeness (QED) is 0.817. The minimum Gasteiger partial charge on any atom is -0.378 e. The molecular weight excluding hydrogens is 230 g/mol. The smallest absolute Gasteiger partial charge is 0.0485 e. The molecule has 1 N–H and O–H groups in total. The number of anilines is 1. The molecule has 1 unspecified atom stereocenters. The van der Waals surface area contributed by atoms with Gasteiger partial charge in [0.2, 0.25) is 0 Å². The maximum absolute atomic E-state index is 6.10. The number of benzene rings is 2. The van der Waals surface area contributed by atoms with Crippen molar-refractivity contribution in [2.75, 3.05) is 5.32 Å². The molecule has 0 aliphatic heterocycles. The molecule has 88 valence electrons. The lowest BCUT2D eigenvalue weighted by Gasteiger charge is -2.16. The zero-order valence-corrected chi connectivity index (χ0v) is 10.8. The molecule has 17 heavy (non-hydrogen) atoms.